The number of allylic oxidation sites excluding steroid dienone is 2. The number of alkyl halides is 3. The minimum atomic E-state index is -4.65. The van der Waals surface area contributed by atoms with Gasteiger partial charge in [-0.3, -0.25) is 4.79 Å². The van der Waals surface area contributed by atoms with Gasteiger partial charge in [-0.15, -0.1) is 0 Å². The van der Waals surface area contributed by atoms with Crippen molar-refractivity contribution in [3.8, 4) is 0 Å². The van der Waals surface area contributed by atoms with Crippen LogP contribution in [0.5, 0.6) is 0 Å². The van der Waals surface area contributed by atoms with E-state index in [1.165, 1.54) is 19.3 Å². The van der Waals surface area contributed by atoms with Gasteiger partial charge in [0.05, 0.1) is 0 Å². The Balaban J connectivity index is 3.21. The van der Waals surface area contributed by atoms with E-state index >= 15 is 0 Å². The Labute approximate surface area is 120 Å². The highest BCUT2D eigenvalue weighted by atomic mass is 19.4. The van der Waals surface area contributed by atoms with Gasteiger partial charge in [0, 0.05) is 6.42 Å². The minimum absolute atomic E-state index is 0.354. The van der Waals surface area contributed by atoms with Crippen molar-refractivity contribution in [2.24, 2.45) is 0 Å². The van der Waals surface area contributed by atoms with Crippen LogP contribution >= 0.6 is 0 Å². The lowest BCUT2D eigenvalue weighted by Crippen LogP contribution is -2.22. The predicted molar refractivity (Wildman–Crippen MR) is 76.7 cm³/mol. The van der Waals surface area contributed by atoms with Crippen LogP contribution in [0.3, 0.4) is 0 Å². The number of Topliss-reactive ketones (excluding diaryl/α,β-unsaturated/α-hetero) is 1. The van der Waals surface area contributed by atoms with Gasteiger partial charge in [-0.1, -0.05) is 57.6 Å². The Morgan fingerprint density at radius 2 is 1.35 bits per heavy atom. The summed E-state index contributed by atoms with van der Waals surface area (Å²) in [5.74, 6) is -1.59. The predicted octanol–water partition coefficient (Wildman–Crippen LogP) is 5.99. The molecule has 0 bridgehead atoms. The molecule has 0 N–H and O–H groups in total. The van der Waals surface area contributed by atoms with Gasteiger partial charge in [0.1, 0.15) is 0 Å². The van der Waals surface area contributed by atoms with E-state index in [1.807, 2.05) is 0 Å². The molecule has 0 rings (SSSR count). The molecule has 0 aromatic carbocycles. The first-order chi connectivity index (χ1) is 9.48. The van der Waals surface area contributed by atoms with Gasteiger partial charge in [0.15, 0.2) is 0 Å². The highest BCUT2D eigenvalue weighted by Gasteiger charge is 2.36. The maximum atomic E-state index is 11.9. The summed E-state index contributed by atoms with van der Waals surface area (Å²) in [7, 11) is 0. The standard InChI is InChI=1S/C16H27F3O/c1-2-3-4-5-6-7-8-9-10-11-12-13-14-15(20)16(17,18)19/h3-4H,2,5-14H2,1H3/b4-3-. The molecule has 0 heterocycles. The largest absolute Gasteiger partial charge is 0.449 e. The zero-order chi connectivity index (χ0) is 15.3. The van der Waals surface area contributed by atoms with Crippen LogP contribution in [0.2, 0.25) is 0 Å². The molecule has 118 valence electrons. The summed E-state index contributed by atoms with van der Waals surface area (Å²) in [5, 5.41) is 0. The number of rotatable bonds is 12. The molecule has 0 aromatic rings. The summed E-state index contributed by atoms with van der Waals surface area (Å²) in [6, 6.07) is 0. The maximum absolute atomic E-state index is 11.9. The molecule has 0 aromatic heterocycles. The molecule has 0 saturated carbocycles. The van der Waals surface area contributed by atoms with E-state index < -0.39 is 12.0 Å². The molecule has 0 spiro atoms. The van der Waals surface area contributed by atoms with Gasteiger partial charge in [0.25, 0.3) is 0 Å². The lowest BCUT2D eigenvalue weighted by atomic mass is 10.1. The van der Waals surface area contributed by atoms with E-state index in [-0.39, 0.29) is 6.42 Å². The van der Waals surface area contributed by atoms with Crippen molar-refractivity contribution >= 4 is 5.78 Å². The van der Waals surface area contributed by atoms with Crippen molar-refractivity contribution in [2.45, 2.75) is 83.7 Å². The summed E-state index contributed by atoms with van der Waals surface area (Å²) in [6.45, 7) is 2.12. The second kappa shape index (κ2) is 12.0. The van der Waals surface area contributed by atoms with Crippen molar-refractivity contribution in [1.82, 2.24) is 0 Å². The van der Waals surface area contributed by atoms with Gasteiger partial charge in [-0.2, -0.15) is 13.2 Å². The van der Waals surface area contributed by atoms with Crippen LogP contribution in [0.4, 0.5) is 13.2 Å². The minimum Gasteiger partial charge on any atom is -0.290 e. The Kier molecular flexibility index (Phi) is 11.5. The zero-order valence-electron chi connectivity index (χ0n) is 12.5. The molecule has 0 fully saturated rings. The third-order valence-corrected chi connectivity index (χ3v) is 3.24. The number of unbranched alkanes of at least 4 members (excludes halogenated alkanes) is 8. The average Bonchev–Trinajstić information content (AvgIpc) is 2.38. The second-order valence-corrected chi connectivity index (χ2v) is 5.17. The number of carbonyl (C=O) groups is 1. The molecule has 1 nitrogen and oxygen atoms in total. The summed E-state index contributed by atoms with van der Waals surface area (Å²) >= 11 is 0. The quantitative estimate of drug-likeness (QED) is 0.319. The molecule has 0 aliphatic carbocycles. The molecule has 0 unspecified atom stereocenters. The molecule has 0 amide bonds. The first-order valence-corrected chi connectivity index (χ1v) is 7.73. The van der Waals surface area contributed by atoms with E-state index in [4.69, 9.17) is 0 Å². The third-order valence-electron chi connectivity index (χ3n) is 3.24. The van der Waals surface area contributed by atoms with E-state index in [0.29, 0.717) is 6.42 Å². The fraction of sp³-hybridized carbons (Fsp3) is 0.812. The van der Waals surface area contributed by atoms with Crippen LogP contribution < -0.4 is 0 Å². The van der Waals surface area contributed by atoms with Gasteiger partial charge >= 0.3 is 6.18 Å². The topological polar surface area (TPSA) is 17.1 Å². The molecule has 0 radical (unpaired) electrons. The molecule has 0 aliphatic heterocycles. The SMILES string of the molecule is CC/C=C\CCCCCCCCCCC(=O)C(F)(F)F. The van der Waals surface area contributed by atoms with Crippen LogP contribution in [0, 0.1) is 0 Å². The van der Waals surface area contributed by atoms with Crippen LogP contribution in [-0.4, -0.2) is 12.0 Å². The van der Waals surface area contributed by atoms with Crippen molar-refractivity contribution in [2.75, 3.05) is 0 Å². The highest BCUT2D eigenvalue weighted by molar-refractivity contribution is 5.83. The van der Waals surface area contributed by atoms with Crippen LogP contribution in [0.25, 0.3) is 0 Å². The van der Waals surface area contributed by atoms with Crippen molar-refractivity contribution < 1.29 is 18.0 Å². The van der Waals surface area contributed by atoms with Crippen molar-refractivity contribution in [3.63, 3.8) is 0 Å². The van der Waals surface area contributed by atoms with E-state index in [2.05, 4.69) is 19.1 Å². The summed E-state index contributed by atoms with van der Waals surface area (Å²) in [4.78, 5) is 10.6. The van der Waals surface area contributed by atoms with Gasteiger partial charge in [0.2, 0.25) is 5.78 Å². The summed E-state index contributed by atoms with van der Waals surface area (Å²) in [6.07, 6.45) is 9.50. The molecule has 0 saturated heterocycles. The number of carbonyl (C=O) groups excluding carboxylic acids is 1. The molecule has 0 atom stereocenters. The normalized spacial score (nSPS) is 12.2. The van der Waals surface area contributed by atoms with Gasteiger partial charge in [-0.05, 0) is 25.7 Å². The number of hydrogen-bond acceptors (Lipinski definition) is 1. The van der Waals surface area contributed by atoms with Crippen molar-refractivity contribution in [1.29, 1.82) is 0 Å². The summed E-state index contributed by atoms with van der Waals surface area (Å²) < 4.78 is 35.8. The fourth-order valence-corrected chi connectivity index (χ4v) is 2.03. The monoisotopic (exact) mass is 292 g/mol. The zero-order valence-corrected chi connectivity index (χ0v) is 12.5. The average molecular weight is 292 g/mol. The second-order valence-electron chi connectivity index (χ2n) is 5.17. The lowest BCUT2D eigenvalue weighted by Gasteiger charge is -2.04. The third kappa shape index (κ3) is 12.2. The van der Waals surface area contributed by atoms with Crippen LogP contribution in [0.1, 0.15) is 77.6 Å². The van der Waals surface area contributed by atoms with Crippen LogP contribution in [0.15, 0.2) is 12.2 Å². The number of halogens is 3. The fourth-order valence-electron chi connectivity index (χ4n) is 2.03. The molecular formula is C16H27F3O. The maximum Gasteiger partial charge on any atom is 0.449 e. The smallest absolute Gasteiger partial charge is 0.290 e. The Bertz CT molecular complexity index is 269. The van der Waals surface area contributed by atoms with Crippen molar-refractivity contribution in [3.05, 3.63) is 12.2 Å². The van der Waals surface area contributed by atoms with Gasteiger partial charge in [-0.25, -0.2) is 0 Å². The summed E-state index contributed by atoms with van der Waals surface area (Å²) in [5.41, 5.74) is 0. The highest BCUT2D eigenvalue weighted by Crippen LogP contribution is 2.20. The lowest BCUT2D eigenvalue weighted by molar-refractivity contribution is -0.171. The van der Waals surface area contributed by atoms with E-state index in [1.54, 1.807) is 0 Å². The van der Waals surface area contributed by atoms with E-state index in [9.17, 15) is 18.0 Å². The Morgan fingerprint density at radius 1 is 0.850 bits per heavy atom. The molecule has 4 heteroatoms. The first kappa shape index (κ1) is 19.2. The number of hydrogen-bond donors (Lipinski definition) is 0. The van der Waals surface area contributed by atoms with Crippen LogP contribution in [-0.2, 0) is 4.79 Å². The first-order valence-electron chi connectivity index (χ1n) is 7.73. The molecular weight excluding hydrogens is 265 g/mol. The Hall–Kier alpha value is -0.800. The molecule has 20 heavy (non-hydrogen) atoms. The Morgan fingerprint density at radius 3 is 1.85 bits per heavy atom. The van der Waals surface area contributed by atoms with Gasteiger partial charge < -0.3 is 0 Å². The molecule has 0 aliphatic rings. The van der Waals surface area contributed by atoms with E-state index in [0.717, 1.165) is 38.5 Å². The number of ketones is 1.